The summed E-state index contributed by atoms with van der Waals surface area (Å²) in [6.45, 7) is 0. The molecule has 0 fully saturated rings. The molecule has 0 radical (unpaired) electrons. The van der Waals surface area contributed by atoms with Gasteiger partial charge in [-0.2, -0.15) is 0 Å². The van der Waals surface area contributed by atoms with E-state index in [4.69, 9.17) is 11.6 Å². The molecule has 0 aromatic heterocycles. The zero-order chi connectivity index (χ0) is 17.3. The summed E-state index contributed by atoms with van der Waals surface area (Å²) in [5.74, 6) is -0.190. The summed E-state index contributed by atoms with van der Waals surface area (Å²) in [4.78, 5) is 23.9. The van der Waals surface area contributed by atoms with Gasteiger partial charge in [0, 0.05) is 21.7 Å². The molecule has 124 valence electrons. The molecule has 0 saturated heterocycles. The van der Waals surface area contributed by atoms with Gasteiger partial charge < -0.3 is 5.32 Å². The molecule has 1 heterocycles. The van der Waals surface area contributed by atoms with E-state index < -0.39 is 10.8 Å². The first kappa shape index (κ1) is 16.7. The first-order valence-electron chi connectivity index (χ1n) is 7.13. The highest BCUT2D eigenvalue weighted by molar-refractivity contribution is 7.99. The molecule has 0 spiro atoms. The highest BCUT2D eigenvalue weighted by Crippen LogP contribution is 2.37. The number of hydrogen-bond acceptors (Lipinski definition) is 4. The first-order valence-corrected chi connectivity index (χ1v) is 8.49. The van der Waals surface area contributed by atoms with Crippen molar-refractivity contribution in [2.45, 2.75) is 17.4 Å². The zero-order valence-electron chi connectivity index (χ0n) is 12.3. The molecule has 1 amide bonds. The van der Waals surface area contributed by atoms with Crippen LogP contribution in [0.3, 0.4) is 0 Å². The van der Waals surface area contributed by atoms with Gasteiger partial charge in [0.15, 0.2) is 0 Å². The molecular weight excluding hydrogens is 355 g/mol. The number of carbonyl (C=O) groups is 1. The van der Waals surface area contributed by atoms with Gasteiger partial charge in [-0.3, -0.25) is 14.9 Å². The molecule has 0 bridgehead atoms. The number of hydrogen-bond donors (Lipinski definition) is 1. The van der Waals surface area contributed by atoms with Crippen molar-refractivity contribution in [1.29, 1.82) is 0 Å². The number of rotatable bonds is 3. The minimum atomic E-state index is -0.648. The van der Waals surface area contributed by atoms with Crippen LogP contribution in [0.15, 0.2) is 41.3 Å². The number of thioether (sulfide) groups is 1. The normalized spacial score (nSPS) is 16.3. The number of nitro groups is 1. The molecule has 0 saturated carbocycles. The summed E-state index contributed by atoms with van der Waals surface area (Å²) < 4.78 is 13.5. The Morgan fingerprint density at radius 1 is 1.33 bits per heavy atom. The highest BCUT2D eigenvalue weighted by Gasteiger charge is 2.26. The third-order valence-electron chi connectivity index (χ3n) is 3.72. The molecule has 1 unspecified atom stereocenters. The molecule has 0 aliphatic carbocycles. The second kappa shape index (κ2) is 6.78. The van der Waals surface area contributed by atoms with Gasteiger partial charge in [-0.05, 0) is 42.3 Å². The van der Waals surface area contributed by atoms with E-state index in [1.165, 1.54) is 24.3 Å². The van der Waals surface area contributed by atoms with Gasteiger partial charge in [-0.1, -0.05) is 11.6 Å². The topological polar surface area (TPSA) is 72.2 Å². The number of nitrogens with zero attached hydrogens (tertiary/aromatic N) is 1. The fourth-order valence-corrected chi connectivity index (χ4v) is 3.87. The molecule has 5 nitrogen and oxygen atoms in total. The Kier molecular flexibility index (Phi) is 4.73. The Balaban J connectivity index is 1.90. The fraction of sp³-hybridized carbons (Fsp3) is 0.188. The van der Waals surface area contributed by atoms with Gasteiger partial charge in [0.05, 0.1) is 11.0 Å². The molecule has 2 aromatic rings. The summed E-state index contributed by atoms with van der Waals surface area (Å²) in [5.41, 5.74) is 0.265. The second-order valence-electron chi connectivity index (χ2n) is 5.26. The number of benzene rings is 2. The van der Waals surface area contributed by atoms with Crippen molar-refractivity contribution in [2.24, 2.45) is 0 Å². The second-order valence-corrected chi connectivity index (χ2v) is 6.84. The quantitative estimate of drug-likeness (QED) is 0.647. The summed E-state index contributed by atoms with van der Waals surface area (Å²) in [7, 11) is 0. The Morgan fingerprint density at radius 3 is 2.88 bits per heavy atom. The molecule has 3 rings (SSSR count). The first-order chi connectivity index (χ1) is 11.5. The van der Waals surface area contributed by atoms with Crippen molar-refractivity contribution in [3.8, 4) is 0 Å². The van der Waals surface area contributed by atoms with Crippen LogP contribution in [0, 0.1) is 15.9 Å². The molecule has 8 heteroatoms. The van der Waals surface area contributed by atoms with Crippen molar-refractivity contribution in [3.63, 3.8) is 0 Å². The van der Waals surface area contributed by atoms with Gasteiger partial charge in [0.25, 0.3) is 11.6 Å². The summed E-state index contributed by atoms with van der Waals surface area (Å²) in [6.07, 6.45) is 0.619. The summed E-state index contributed by atoms with van der Waals surface area (Å²) >= 11 is 7.35. The van der Waals surface area contributed by atoms with Gasteiger partial charge in [-0.25, -0.2) is 4.39 Å². The van der Waals surface area contributed by atoms with Crippen LogP contribution < -0.4 is 5.32 Å². The average molecular weight is 367 g/mol. The Labute approximate surface area is 146 Å². The monoisotopic (exact) mass is 366 g/mol. The molecule has 1 aliphatic rings. The SMILES string of the molecule is O=C(NC1CCSc2ccc(F)cc21)c1ccc(Cl)cc1[N+](=O)[O-]. The predicted octanol–water partition coefficient (Wildman–Crippen LogP) is 4.35. The van der Waals surface area contributed by atoms with Crippen LogP contribution in [-0.4, -0.2) is 16.6 Å². The van der Waals surface area contributed by atoms with E-state index in [-0.39, 0.29) is 28.1 Å². The number of fused-ring (bicyclic) bond motifs is 1. The molecule has 2 aromatic carbocycles. The maximum Gasteiger partial charge on any atom is 0.283 e. The van der Waals surface area contributed by atoms with Crippen molar-refractivity contribution in [3.05, 3.63) is 68.5 Å². The van der Waals surface area contributed by atoms with Crippen molar-refractivity contribution in [2.75, 3.05) is 5.75 Å². The van der Waals surface area contributed by atoms with Crippen molar-refractivity contribution < 1.29 is 14.1 Å². The van der Waals surface area contributed by atoms with E-state index in [1.807, 2.05) is 0 Å². The van der Waals surface area contributed by atoms with Crippen molar-refractivity contribution >= 4 is 35.0 Å². The van der Waals surface area contributed by atoms with Crippen LogP contribution in [0.25, 0.3) is 0 Å². The van der Waals surface area contributed by atoms with Crippen molar-refractivity contribution in [1.82, 2.24) is 5.32 Å². The Morgan fingerprint density at radius 2 is 2.12 bits per heavy atom. The Hall–Kier alpha value is -2.12. The molecule has 1 atom stereocenters. The van der Waals surface area contributed by atoms with Crippen LogP contribution in [0.2, 0.25) is 5.02 Å². The number of carbonyl (C=O) groups excluding carboxylic acids is 1. The average Bonchev–Trinajstić information content (AvgIpc) is 2.55. The number of nitro benzene ring substituents is 1. The lowest BCUT2D eigenvalue weighted by molar-refractivity contribution is -0.385. The van der Waals surface area contributed by atoms with E-state index >= 15 is 0 Å². The minimum absolute atomic E-state index is 0.0689. The minimum Gasteiger partial charge on any atom is -0.345 e. The van der Waals surface area contributed by atoms with E-state index in [2.05, 4.69) is 5.32 Å². The lowest BCUT2D eigenvalue weighted by Crippen LogP contribution is -2.31. The molecule has 1 N–H and O–H groups in total. The van der Waals surface area contributed by atoms with E-state index in [0.717, 1.165) is 16.7 Å². The largest absolute Gasteiger partial charge is 0.345 e. The molecule has 1 aliphatic heterocycles. The highest BCUT2D eigenvalue weighted by atomic mass is 35.5. The third-order valence-corrected chi connectivity index (χ3v) is 5.08. The third kappa shape index (κ3) is 3.37. The number of nitrogens with one attached hydrogen (secondary N) is 1. The van der Waals surface area contributed by atoms with Crippen LogP contribution >= 0.6 is 23.4 Å². The maximum atomic E-state index is 13.5. The van der Waals surface area contributed by atoms with Crippen LogP contribution in [-0.2, 0) is 0 Å². The van der Waals surface area contributed by atoms with E-state index in [0.29, 0.717) is 12.0 Å². The van der Waals surface area contributed by atoms with E-state index in [9.17, 15) is 19.3 Å². The standard InChI is InChI=1S/C16H12ClFN2O3S/c17-9-1-3-11(14(7-9)20(22)23)16(21)19-13-5-6-24-15-4-2-10(18)8-12(13)15/h1-4,7-8,13H,5-6H2,(H,19,21). The van der Waals surface area contributed by atoms with Crippen LogP contribution in [0.4, 0.5) is 10.1 Å². The fourth-order valence-electron chi connectivity index (χ4n) is 2.60. The smallest absolute Gasteiger partial charge is 0.283 e. The lowest BCUT2D eigenvalue weighted by atomic mass is 10.0. The zero-order valence-corrected chi connectivity index (χ0v) is 13.9. The molecule has 24 heavy (non-hydrogen) atoms. The number of halogens is 2. The van der Waals surface area contributed by atoms with Gasteiger partial charge in [-0.15, -0.1) is 11.8 Å². The van der Waals surface area contributed by atoms with Crippen LogP contribution in [0.1, 0.15) is 28.4 Å². The van der Waals surface area contributed by atoms with Crippen LogP contribution in [0.5, 0.6) is 0 Å². The summed E-state index contributed by atoms with van der Waals surface area (Å²) in [6, 6.07) is 7.94. The van der Waals surface area contributed by atoms with Gasteiger partial charge in [0.1, 0.15) is 11.4 Å². The van der Waals surface area contributed by atoms with Gasteiger partial charge >= 0.3 is 0 Å². The summed E-state index contributed by atoms with van der Waals surface area (Å²) in [5, 5.41) is 14.1. The number of amides is 1. The predicted molar refractivity (Wildman–Crippen MR) is 90.1 cm³/mol. The Bertz CT molecular complexity index is 831. The van der Waals surface area contributed by atoms with E-state index in [1.54, 1.807) is 17.8 Å². The maximum absolute atomic E-state index is 13.5. The molecular formula is C16H12ClFN2O3S. The van der Waals surface area contributed by atoms with Gasteiger partial charge in [0.2, 0.25) is 0 Å². The lowest BCUT2D eigenvalue weighted by Gasteiger charge is -2.26.